The molecule has 1 aliphatic heterocycles. The van der Waals surface area contributed by atoms with Gasteiger partial charge in [0.2, 0.25) is 0 Å². The van der Waals surface area contributed by atoms with E-state index in [1.807, 2.05) is 35.9 Å². The van der Waals surface area contributed by atoms with Crippen LogP contribution >= 0.6 is 0 Å². The molecule has 1 saturated heterocycles. The van der Waals surface area contributed by atoms with Gasteiger partial charge in [-0.1, -0.05) is 6.07 Å². The standard InChI is InChI=1S/C16H21N3O2/c1-12-17-16(9-8-14-7-4-10-21-14)19(18-12)13-5-3-6-15(11-13)20-2/h3,5-6,11,14H,4,7-10H2,1-2H3/t14-/m1/s1. The summed E-state index contributed by atoms with van der Waals surface area (Å²) < 4.78 is 12.9. The second-order valence-electron chi connectivity index (χ2n) is 5.36. The van der Waals surface area contributed by atoms with Crippen LogP contribution < -0.4 is 4.74 Å². The molecule has 0 N–H and O–H groups in total. The van der Waals surface area contributed by atoms with Crippen molar-refractivity contribution < 1.29 is 9.47 Å². The zero-order chi connectivity index (χ0) is 14.7. The highest BCUT2D eigenvalue weighted by molar-refractivity contribution is 5.39. The van der Waals surface area contributed by atoms with Gasteiger partial charge in [0.05, 0.1) is 18.9 Å². The zero-order valence-electron chi connectivity index (χ0n) is 12.6. The quantitative estimate of drug-likeness (QED) is 0.848. The van der Waals surface area contributed by atoms with Gasteiger partial charge in [-0.05, 0) is 38.3 Å². The molecule has 112 valence electrons. The van der Waals surface area contributed by atoms with Crippen LogP contribution in [0, 0.1) is 6.92 Å². The summed E-state index contributed by atoms with van der Waals surface area (Å²) in [5, 5.41) is 4.51. The highest BCUT2D eigenvalue weighted by atomic mass is 16.5. The third-order valence-electron chi connectivity index (χ3n) is 3.79. The van der Waals surface area contributed by atoms with Crippen molar-refractivity contribution in [2.24, 2.45) is 0 Å². The molecule has 0 aliphatic carbocycles. The monoisotopic (exact) mass is 287 g/mol. The summed E-state index contributed by atoms with van der Waals surface area (Å²) in [7, 11) is 1.67. The molecule has 3 rings (SSSR count). The minimum atomic E-state index is 0.376. The number of ether oxygens (including phenoxy) is 2. The van der Waals surface area contributed by atoms with Gasteiger partial charge in [-0.3, -0.25) is 0 Å². The topological polar surface area (TPSA) is 49.2 Å². The molecule has 21 heavy (non-hydrogen) atoms. The average molecular weight is 287 g/mol. The molecule has 0 spiro atoms. The molecule has 0 bridgehead atoms. The van der Waals surface area contributed by atoms with Crippen molar-refractivity contribution in [1.29, 1.82) is 0 Å². The van der Waals surface area contributed by atoms with Crippen LogP contribution in [-0.4, -0.2) is 34.6 Å². The predicted octanol–water partition coefficient (Wildman–Crippen LogP) is 2.70. The summed E-state index contributed by atoms with van der Waals surface area (Å²) in [6.07, 6.45) is 4.59. The number of hydrogen-bond acceptors (Lipinski definition) is 4. The minimum Gasteiger partial charge on any atom is -0.497 e. The Bertz CT molecular complexity index is 603. The summed E-state index contributed by atoms with van der Waals surface area (Å²) >= 11 is 0. The second kappa shape index (κ2) is 6.26. The summed E-state index contributed by atoms with van der Waals surface area (Å²) in [5.41, 5.74) is 0.984. The van der Waals surface area contributed by atoms with Gasteiger partial charge in [-0.25, -0.2) is 9.67 Å². The van der Waals surface area contributed by atoms with E-state index in [1.165, 1.54) is 6.42 Å². The molecule has 1 atom stereocenters. The zero-order valence-corrected chi connectivity index (χ0v) is 12.6. The number of aryl methyl sites for hydroxylation is 2. The molecule has 0 saturated carbocycles. The van der Waals surface area contributed by atoms with Crippen LogP contribution in [0.15, 0.2) is 24.3 Å². The van der Waals surface area contributed by atoms with Gasteiger partial charge in [0.1, 0.15) is 17.4 Å². The Labute approximate surface area is 124 Å². The molecule has 1 aromatic carbocycles. The van der Waals surface area contributed by atoms with E-state index in [0.29, 0.717) is 6.10 Å². The SMILES string of the molecule is COc1cccc(-n2nc(C)nc2CC[C@H]2CCCO2)c1. The van der Waals surface area contributed by atoms with E-state index >= 15 is 0 Å². The fraction of sp³-hybridized carbons (Fsp3) is 0.500. The largest absolute Gasteiger partial charge is 0.497 e. The van der Waals surface area contributed by atoms with Crippen molar-refractivity contribution in [3.63, 3.8) is 0 Å². The van der Waals surface area contributed by atoms with Crippen LogP contribution in [0.1, 0.15) is 30.9 Å². The van der Waals surface area contributed by atoms with E-state index in [1.54, 1.807) is 7.11 Å². The minimum absolute atomic E-state index is 0.376. The van der Waals surface area contributed by atoms with Gasteiger partial charge in [0, 0.05) is 19.1 Å². The molecule has 0 amide bonds. The molecule has 5 nitrogen and oxygen atoms in total. The van der Waals surface area contributed by atoms with Gasteiger partial charge < -0.3 is 9.47 Å². The van der Waals surface area contributed by atoms with E-state index in [9.17, 15) is 0 Å². The normalized spacial score (nSPS) is 18.1. The maximum Gasteiger partial charge on any atom is 0.148 e. The molecule has 2 heterocycles. The van der Waals surface area contributed by atoms with E-state index in [0.717, 1.165) is 49.0 Å². The maximum absolute atomic E-state index is 5.69. The number of rotatable bonds is 5. The molecule has 0 unspecified atom stereocenters. The first-order chi connectivity index (χ1) is 10.3. The van der Waals surface area contributed by atoms with Crippen LogP contribution in [0.3, 0.4) is 0 Å². The number of hydrogen-bond donors (Lipinski definition) is 0. The first-order valence-electron chi connectivity index (χ1n) is 7.45. The lowest BCUT2D eigenvalue weighted by atomic mass is 10.1. The molecule has 5 heteroatoms. The molecular formula is C16H21N3O2. The molecule has 1 fully saturated rings. The van der Waals surface area contributed by atoms with Gasteiger partial charge in [0.15, 0.2) is 0 Å². The summed E-state index contributed by atoms with van der Waals surface area (Å²) in [5.74, 6) is 2.60. The lowest BCUT2D eigenvalue weighted by Crippen LogP contribution is -2.10. The van der Waals surface area contributed by atoms with E-state index < -0.39 is 0 Å². The van der Waals surface area contributed by atoms with Crippen LogP contribution in [0.4, 0.5) is 0 Å². The lowest BCUT2D eigenvalue weighted by Gasteiger charge is -2.10. The third-order valence-corrected chi connectivity index (χ3v) is 3.79. The maximum atomic E-state index is 5.69. The Hall–Kier alpha value is -1.88. The first kappa shape index (κ1) is 14.1. The number of methoxy groups -OCH3 is 1. The molecule has 0 radical (unpaired) electrons. The fourth-order valence-corrected chi connectivity index (χ4v) is 2.73. The Morgan fingerprint density at radius 1 is 1.43 bits per heavy atom. The molecule has 1 aromatic heterocycles. The van der Waals surface area contributed by atoms with Gasteiger partial charge in [0.25, 0.3) is 0 Å². The Kier molecular flexibility index (Phi) is 4.20. The molecule has 2 aromatic rings. The van der Waals surface area contributed by atoms with Gasteiger partial charge >= 0.3 is 0 Å². The van der Waals surface area contributed by atoms with Crippen LogP contribution in [0.5, 0.6) is 5.75 Å². The summed E-state index contributed by atoms with van der Waals surface area (Å²) in [6.45, 7) is 2.82. The van der Waals surface area contributed by atoms with Crippen molar-refractivity contribution in [1.82, 2.24) is 14.8 Å². The van der Waals surface area contributed by atoms with Crippen molar-refractivity contribution in [2.75, 3.05) is 13.7 Å². The fourth-order valence-electron chi connectivity index (χ4n) is 2.73. The van der Waals surface area contributed by atoms with Gasteiger partial charge in [-0.2, -0.15) is 5.10 Å². The second-order valence-corrected chi connectivity index (χ2v) is 5.36. The van der Waals surface area contributed by atoms with Crippen molar-refractivity contribution in [3.8, 4) is 11.4 Å². The van der Waals surface area contributed by atoms with Crippen LogP contribution in [0.2, 0.25) is 0 Å². The molecule has 1 aliphatic rings. The predicted molar refractivity (Wildman–Crippen MR) is 79.9 cm³/mol. The number of nitrogens with zero attached hydrogens (tertiary/aromatic N) is 3. The van der Waals surface area contributed by atoms with Gasteiger partial charge in [-0.15, -0.1) is 0 Å². The average Bonchev–Trinajstić information content (AvgIpc) is 3.14. The van der Waals surface area contributed by atoms with Crippen LogP contribution in [-0.2, 0) is 11.2 Å². The van der Waals surface area contributed by atoms with Crippen molar-refractivity contribution in [2.45, 2.75) is 38.7 Å². The van der Waals surface area contributed by atoms with E-state index in [2.05, 4.69) is 10.1 Å². The van der Waals surface area contributed by atoms with Crippen molar-refractivity contribution >= 4 is 0 Å². The van der Waals surface area contributed by atoms with Crippen molar-refractivity contribution in [3.05, 3.63) is 35.9 Å². The summed E-state index contributed by atoms with van der Waals surface area (Å²) in [4.78, 5) is 4.56. The number of benzene rings is 1. The van der Waals surface area contributed by atoms with Crippen LogP contribution in [0.25, 0.3) is 5.69 Å². The third kappa shape index (κ3) is 3.24. The summed E-state index contributed by atoms with van der Waals surface area (Å²) in [6, 6.07) is 7.89. The molecular weight excluding hydrogens is 266 g/mol. The Morgan fingerprint density at radius 2 is 2.33 bits per heavy atom. The van der Waals surface area contributed by atoms with E-state index in [-0.39, 0.29) is 0 Å². The highest BCUT2D eigenvalue weighted by Crippen LogP contribution is 2.20. The van der Waals surface area contributed by atoms with E-state index in [4.69, 9.17) is 9.47 Å². The highest BCUT2D eigenvalue weighted by Gasteiger charge is 2.17. The lowest BCUT2D eigenvalue weighted by molar-refractivity contribution is 0.104. The Morgan fingerprint density at radius 3 is 3.10 bits per heavy atom. The first-order valence-corrected chi connectivity index (χ1v) is 7.45. The number of aromatic nitrogens is 3. The Balaban J connectivity index is 1.80. The smallest absolute Gasteiger partial charge is 0.148 e.